The number of nitrogens with one attached hydrogen (secondary N) is 1. The molecule has 1 unspecified atom stereocenters. The number of amides is 1. The Labute approximate surface area is 192 Å². The van der Waals surface area contributed by atoms with Crippen LogP contribution in [0.15, 0.2) is 72.1 Å². The van der Waals surface area contributed by atoms with Gasteiger partial charge in [-0.3, -0.25) is 9.59 Å². The molecule has 1 aliphatic heterocycles. The maximum absolute atomic E-state index is 13.1. The van der Waals surface area contributed by atoms with Crippen molar-refractivity contribution in [1.29, 1.82) is 0 Å². The second-order valence-electron chi connectivity index (χ2n) is 7.89. The molecule has 1 fully saturated rings. The predicted molar refractivity (Wildman–Crippen MR) is 128 cm³/mol. The van der Waals surface area contributed by atoms with Gasteiger partial charge in [0.25, 0.3) is 5.56 Å². The molecule has 170 valence electrons. The highest BCUT2D eigenvalue weighted by Crippen LogP contribution is 2.17. The number of aromatic amines is 1. The number of H-pyrrole nitrogens is 1. The zero-order valence-corrected chi connectivity index (χ0v) is 18.4. The zero-order valence-electron chi connectivity index (χ0n) is 18.4. The van der Waals surface area contributed by atoms with E-state index in [-0.39, 0.29) is 24.1 Å². The van der Waals surface area contributed by atoms with Gasteiger partial charge in [0.15, 0.2) is 0 Å². The van der Waals surface area contributed by atoms with Crippen molar-refractivity contribution in [2.24, 2.45) is 0 Å². The quantitative estimate of drug-likeness (QED) is 0.401. The van der Waals surface area contributed by atoms with Crippen molar-refractivity contribution in [3.8, 4) is 5.75 Å². The first-order chi connectivity index (χ1) is 16.1. The van der Waals surface area contributed by atoms with Gasteiger partial charge in [0.1, 0.15) is 18.2 Å². The normalized spacial score (nSPS) is 15.7. The maximum Gasteiger partial charge on any atom is 0.258 e. The van der Waals surface area contributed by atoms with Crippen LogP contribution in [-0.2, 0) is 16.1 Å². The summed E-state index contributed by atoms with van der Waals surface area (Å²) >= 11 is 0. The van der Waals surface area contributed by atoms with Crippen LogP contribution in [0, 0.1) is 0 Å². The van der Waals surface area contributed by atoms with E-state index in [4.69, 9.17) is 9.47 Å². The first-order valence-corrected chi connectivity index (χ1v) is 11.0. The molecule has 4 rings (SSSR count). The molecule has 0 radical (unpaired) electrons. The highest BCUT2D eigenvalue weighted by molar-refractivity contribution is 5.91. The number of fused-ring (bicyclic) bond motifs is 1. The van der Waals surface area contributed by atoms with Gasteiger partial charge in [-0.05, 0) is 48.7 Å². The van der Waals surface area contributed by atoms with E-state index >= 15 is 0 Å². The molecule has 2 aromatic carbocycles. The van der Waals surface area contributed by atoms with Crippen molar-refractivity contribution in [2.75, 3.05) is 19.8 Å². The SMILES string of the molecule is C=CCOc1ccc(C=CC(=O)N(Cc2nc3ccccc3c(=O)[nH]2)CC2CCCO2)cc1. The Kier molecular flexibility index (Phi) is 7.32. The highest BCUT2D eigenvalue weighted by Gasteiger charge is 2.22. The summed E-state index contributed by atoms with van der Waals surface area (Å²) in [6, 6.07) is 14.6. The van der Waals surface area contributed by atoms with Crippen LogP contribution in [0.3, 0.4) is 0 Å². The van der Waals surface area contributed by atoms with Crippen LogP contribution in [0.4, 0.5) is 0 Å². The highest BCUT2D eigenvalue weighted by atomic mass is 16.5. The van der Waals surface area contributed by atoms with Gasteiger partial charge >= 0.3 is 0 Å². The Bertz CT molecular complexity index is 1190. The van der Waals surface area contributed by atoms with E-state index < -0.39 is 0 Å². The molecule has 7 heteroatoms. The molecule has 0 aliphatic carbocycles. The first-order valence-electron chi connectivity index (χ1n) is 11.0. The van der Waals surface area contributed by atoms with E-state index in [2.05, 4.69) is 16.5 Å². The fraction of sp³-hybridized carbons (Fsp3) is 0.269. The largest absolute Gasteiger partial charge is 0.490 e. The molecule has 3 aromatic rings. The molecule has 1 aliphatic rings. The number of carbonyl (C=O) groups is 1. The van der Waals surface area contributed by atoms with Gasteiger partial charge in [-0.1, -0.05) is 36.9 Å². The second kappa shape index (κ2) is 10.7. The van der Waals surface area contributed by atoms with Crippen LogP contribution in [0.2, 0.25) is 0 Å². The van der Waals surface area contributed by atoms with Crippen LogP contribution in [0.5, 0.6) is 5.75 Å². The zero-order chi connectivity index (χ0) is 23.0. The lowest BCUT2D eigenvalue weighted by Crippen LogP contribution is -2.36. The lowest BCUT2D eigenvalue weighted by molar-refractivity contribution is -0.128. The average Bonchev–Trinajstić information content (AvgIpc) is 3.35. The summed E-state index contributed by atoms with van der Waals surface area (Å²) in [4.78, 5) is 34.6. The summed E-state index contributed by atoms with van der Waals surface area (Å²) in [5, 5.41) is 0.527. The summed E-state index contributed by atoms with van der Waals surface area (Å²) in [6.45, 7) is 5.41. The molecule has 1 saturated heterocycles. The smallest absolute Gasteiger partial charge is 0.258 e. The predicted octanol–water partition coefficient (Wildman–Crippen LogP) is 3.71. The molecule has 1 aromatic heterocycles. The fourth-order valence-electron chi connectivity index (χ4n) is 3.76. The number of aromatic nitrogens is 2. The lowest BCUT2D eigenvalue weighted by Gasteiger charge is -2.24. The molecule has 0 spiro atoms. The van der Waals surface area contributed by atoms with Crippen LogP contribution in [-0.4, -0.2) is 46.6 Å². The summed E-state index contributed by atoms with van der Waals surface area (Å²) in [7, 11) is 0. The lowest BCUT2D eigenvalue weighted by atomic mass is 10.2. The third-order valence-electron chi connectivity index (χ3n) is 5.43. The summed E-state index contributed by atoms with van der Waals surface area (Å²) in [5.41, 5.74) is 1.27. The number of ether oxygens (including phenoxy) is 2. The van der Waals surface area contributed by atoms with Gasteiger partial charge < -0.3 is 19.4 Å². The number of carbonyl (C=O) groups excluding carboxylic acids is 1. The topological polar surface area (TPSA) is 84.5 Å². The molecular weight excluding hydrogens is 418 g/mol. The third-order valence-corrected chi connectivity index (χ3v) is 5.43. The summed E-state index contributed by atoms with van der Waals surface area (Å²) in [6.07, 6.45) is 6.85. The van der Waals surface area contributed by atoms with Crippen LogP contribution >= 0.6 is 0 Å². The Hall–Kier alpha value is -3.71. The van der Waals surface area contributed by atoms with Crippen molar-refractivity contribution < 1.29 is 14.3 Å². The van der Waals surface area contributed by atoms with Gasteiger partial charge in [-0.15, -0.1) is 0 Å². The minimum absolute atomic E-state index is 0.0178. The minimum atomic E-state index is -0.213. The van der Waals surface area contributed by atoms with Crippen molar-refractivity contribution in [3.05, 3.63) is 89.0 Å². The molecule has 1 amide bonds. The minimum Gasteiger partial charge on any atom is -0.490 e. The molecule has 2 heterocycles. The fourth-order valence-corrected chi connectivity index (χ4v) is 3.76. The summed E-state index contributed by atoms with van der Waals surface area (Å²) in [5.74, 6) is 1.01. The van der Waals surface area contributed by atoms with Crippen LogP contribution in [0.1, 0.15) is 24.2 Å². The Morgan fingerprint density at radius 3 is 2.82 bits per heavy atom. The Balaban J connectivity index is 1.51. The van der Waals surface area contributed by atoms with E-state index in [1.54, 1.807) is 35.3 Å². The van der Waals surface area contributed by atoms with Crippen molar-refractivity contribution in [1.82, 2.24) is 14.9 Å². The number of hydrogen-bond donors (Lipinski definition) is 1. The molecular formula is C26H27N3O4. The van der Waals surface area contributed by atoms with Crippen LogP contribution < -0.4 is 10.3 Å². The standard InChI is InChI=1S/C26H27N3O4/c1-2-15-32-20-12-9-19(10-13-20)11-14-25(30)29(17-21-6-5-16-33-21)18-24-27-23-8-4-3-7-22(23)26(31)28-24/h2-4,7-14,21H,1,5-6,15-18H2,(H,27,28,31). The number of rotatable bonds is 9. The summed E-state index contributed by atoms with van der Waals surface area (Å²) < 4.78 is 11.2. The third kappa shape index (κ3) is 5.96. The maximum atomic E-state index is 13.1. The molecule has 7 nitrogen and oxygen atoms in total. The molecule has 0 bridgehead atoms. The number of benzene rings is 2. The van der Waals surface area contributed by atoms with Gasteiger partial charge in [0.05, 0.1) is 23.6 Å². The Morgan fingerprint density at radius 2 is 2.06 bits per heavy atom. The van der Waals surface area contributed by atoms with E-state index in [1.165, 1.54) is 6.08 Å². The number of nitrogens with zero attached hydrogens (tertiary/aromatic N) is 2. The molecule has 33 heavy (non-hydrogen) atoms. The van der Waals surface area contributed by atoms with Gasteiger partial charge in [0, 0.05) is 19.2 Å². The van der Waals surface area contributed by atoms with Gasteiger partial charge in [0.2, 0.25) is 5.91 Å². The van der Waals surface area contributed by atoms with E-state index in [0.717, 1.165) is 24.2 Å². The van der Waals surface area contributed by atoms with E-state index in [1.807, 2.05) is 30.3 Å². The molecule has 1 N–H and O–H groups in total. The second-order valence-corrected chi connectivity index (χ2v) is 7.89. The molecule has 1 atom stereocenters. The van der Waals surface area contributed by atoms with Crippen molar-refractivity contribution in [2.45, 2.75) is 25.5 Å². The first kappa shape index (κ1) is 22.5. The average molecular weight is 446 g/mol. The monoisotopic (exact) mass is 445 g/mol. The molecule has 0 saturated carbocycles. The van der Waals surface area contributed by atoms with Gasteiger partial charge in [-0.2, -0.15) is 0 Å². The van der Waals surface area contributed by atoms with Gasteiger partial charge in [-0.25, -0.2) is 4.98 Å². The van der Waals surface area contributed by atoms with Crippen molar-refractivity contribution >= 4 is 22.9 Å². The van der Waals surface area contributed by atoms with E-state index in [9.17, 15) is 9.59 Å². The number of hydrogen-bond acceptors (Lipinski definition) is 5. The van der Waals surface area contributed by atoms with Crippen LogP contribution in [0.25, 0.3) is 17.0 Å². The van der Waals surface area contributed by atoms with E-state index in [0.29, 0.717) is 36.5 Å². The van der Waals surface area contributed by atoms with Crippen molar-refractivity contribution in [3.63, 3.8) is 0 Å². The Morgan fingerprint density at radius 1 is 1.24 bits per heavy atom. The number of para-hydroxylation sites is 1.